The minimum Gasteiger partial charge on any atom is -0.497 e. The second-order valence-electron chi connectivity index (χ2n) is 5.53. The normalized spacial score (nSPS) is 11.3. The molecule has 2 aromatic carbocycles. The number of halogens is 1. The standard InChI is InChI=1S/C19H16ClN3O4/c1-11-16(17(22-26-11)14-8-3-4-9-15(14)20)19(24)27-23-18(21)12-6-5-7-13(10-12)25-2/h3-10H,1-2H3,(H2,21,23). The molecule has 138 valence electrons. The van der Waals surface area contributed by atoms with Gasteiger partial charge in [0, 0.05) is 11.1 Å². The highest BCUT2D eigenvalue weighted by molar-refractivity contribution is 6.33. The van der Waals surface area contributed by atoms with Crippen LogP contribution in [0.5, 0.6) is 5.75 Å². The first-order chi connectivity index (χ1) is 13.0. The largest absolute Gasteiger partial charge is 0.497 e. The number of carbonyl (C=O) groups excluding carboxylic acids is 1. The molecule has 0 amide bonds. The lowest BCUT2D eigenvalue weighted by atomic mass is 10.1. The summed E-state index contributed by atoms with van der Waals surface area (Å²) in [5.74, 6) is 0.156. The molecule has 0 aliphatic rings. The fourth-order valence-electron chi connectivity index (χ4n) is 2.42. The number of hydrogen-bond acceptors (Lipinski definition) is 6. The van der Waals surface area contributed by atoms with Gasteiger partial charge in [-0.05, 0) is 25.1 Å². The van der Waals surface area contributed by atoms with Crippen LogP contribution in [0.3, 0.4) is 0 Å². The Kier molecular flexibility index (Phi) is 5.42. The Morgan fingerprint density at radius 2 is 2.00 bits per heavy atom. The van der Waals surface area contributed by atoms with Crippen molar-refractivity contribution >= 4 is 23.4 Å². The van der Waals surface area contributed by atoms with Crippen LogP contribution in [0, 0.1) is 6.92 Å². The van der Waals surface area contributed by atoms with Crippen molar-refractivity contribution < 1.29 is 18.9 Å². The Bertz CT molecular complexity index is 1010. The van der Waals surface area contributed by atoms with Gasteiger partial charge in [-0.2, -0.15) is 0 Å². The van der Waals surface area contributed by atoms with Crippen molar-refractivity contribution in [3.8, 4) is 17.0 Å². The monoisotopic (exact) mass is 385 g/mol. The van der Waals surface area contributed by atoms with Crippen molar-refractivity contribution in [3.05, 3.63) is 70.4 Å². The average molecular weight is 386 g/mol. The molecule has 3 rings (SSSR count). The van der Waals surface area contributed by atoms with Crippen molar-refractivity contribution in [2.75, 3.05) is 7.11 Å². The third-order valence-electron chi connectivity index (χ3n) is 3.79. The molecule has 0 saturated carbocycles. The van der Waals surface area contributed by atoms with E-state index in [-0.39, 0.29) is 22.9 Å². The minimum atomic E-state index is -0.755. The summed E-state index contributed by atoms with van der Waals surface area (Å²) in [5, 5.41) is 8.06. The Balaban J connectivity index is 1.87. The van der Waals surface area contributed by atoms with E-state index in [0.717, 1.165) is 0 Å². The number of amidine groups is 1. The molecule has 0 radical (unpaired) electrons. The number of hydrogen-bond donors (Lipinski definition) is 1. The number of nitrogens with zero attached hydrogens (tertiary/aromatic N) is 2. The van der Waals surface area contributed by atoms with Crippen LogP contribution in [0.15, 0.2) is 58.2 Å². The molecule has 7 nitrogen and oxygen atoms in total. The molecule has 0 unspecified atom stereocenters. The molecule has 1 heterocycles. The fraction of sp³-hybridized carbons (Fsp3) is 0.105. The van der Waals surface area contributed by atoms with Crippen LogP contribution in [-0.4, -0.2) is 24.1 Å². The van der Waals surface area contributed by atoms with E-state index in [0.29, 0.717) is 21.9 Å². The highest BCUT2D eigenvalue weighted by Gasteiger charge is 2.24. The first-order valence-electron chi connectivity index (χ1n) is 7.91. The fourth-order valence-corrected chi connectivity index (χ4v) is 2.65. The van der Waals surface area contributed by atoms with Crippen LogP contribution < -0.4 is 10.5 Å². The molecule has 0 aliphatic carbocycles. The molecule has 0 atom stereocenters. The number of oxime groups is 1. The molecule has 1 aromatic heterocycles. The quantitative estimate of drug-likeness (QED) is 0.310. The van der Waals surface area contributed by atoms with E-state index < -0.39 is 5.97 Å². The Hall–Kier alpha value is -3.32. The van der Waals surface area contributed by atoms with E-state index >= 15 is 0 Å². The Morgan fingerprint density at radius 1 is 1.22 bits per heavy atom. The minimum absolute atomic E-state index is 0.0238. The van der Waals surface area contributed by atoms with E-state index in [9.17, 15) is 4.79 Å². The second kappa shape index (κ2) is 7.92. The van der Waals surface area contributed by atoms with Crippen LogP contribution >= 0.6 is 11.6 Å². The topological polar surface area (TPSA) is 99.9 Å². The lowest BCUT2D eigenvalue weighted by molar-refractivity contribution is 0.0515. The van der Waals surface area contributed by atoms with Crippen molar-refractivity contribution in [3.63, 3.8) is 0 Å². The van der Waals surface area contributed by atoms with Crippen molar-refractivity contribution in [1.29, 1.82) is 0 Å². The van der Waals surface area contributed by atoms with Gasteiger partial charge < -0.3 is 19.8 Å². The smallest absolute Gasteiger partial charge is 0.371 e. The van der Waals surface area contributed by atoms with Crippen LogP contribution in [0.4, 0.5) is 0 Å². The number of nitrogens with two attached hydrogens (primary N) is 1. The molecule has 0 saturated heterocycles. The van der Waals surface area contributed by atoms with Gasteiger partial charge in [0.25, 0.3) is 0 Å². The second-order valence-corrected chi connectivity index (χ2v) is 5.94. The number of ether oxygens (including phenoxy) is 1. The van der Waals surface area contributed by atoms with Crippen molar-refractivity contribution in [2.24, 2.45) is 10.9 Å². The molecule has 0 spiro atoms. The molecule has 2 N–H and O–H groups in total. The summed E-state index contributed by atoms with van der Waals surface area (Å²) in [6.07, 6.45) is 0. The maximum atomic E-state index is 12.5. The van der Waals surface area contributed by atoms with E-state index in [1.54, 1.807) is 55.5 Å². The van der Waals surface area contributed by atoms with Gasteiger partial charge in [0.2, 0.25) is 0 Å². The summed E-state index contributed by atoms with van der Waals surface area (Å²) in [6, 6.07) is 13.9. The summed E-state index contributed by atoms with van der Waals surface area (Å²) in [5.41, 5.74) is 7.39. The Morgan fingerprint density at radius 3 is 2.74 bits per heavy atom. The number of aromatic nitrogens is 1. The molecule has 0 aliphatic heterocycles. The van der Waals surface area contributed by atoms with Crippen LogP contribution in [0.2, 0.25) is 5.02 Å². The van der Waals surface area contributed by atoms with Gasteiger partial charge in [0.15, 0.2) is 5.84 Å². The van der Waals surface area contributed by atoms with Gasteiger partial charge in [0.05, 0.1) is 12.1 Å². The molecule has 27 heavy (non-hydrogen) atoms. The van der Waals surface area contributed by atoms with Crippen molar-refractivity contribution in [1.82, 2.24) is 5.16 Å². The predicted molar refractivity (Wildman–Crippen MR) is 101 cm³/mol. The first-order valence-corrected chi connectivity index (χ1v) is 8.29. The summed E-state index contributed by atoms with van der Waals surface area (Å²) in [6.45, 7) is 1.60. The summed E-state index contributed by atoms with van der Waals surface area (Å²) < 4.78 is 10.3. The number of rotatable bonds is 5. The third-order valence-corrected chi connectivity index (χ3v) is 4.12. The molecular weight excluding hydrogens is 370 g/mol. The third kappa shape index (κ3) is 3.93. The van der Waals surface area contributed by atoms with Gasteiger partial charge in [-0.1, -0.05) is 52.2 Å². The molecular formula is C19H16ClN3O4. The van der Waals surface area contributed by atoms with Crippen LogP contribution in [-0.2, 0) is 4.84 Å². The van der Waals surface area contributed by atoms with E-state index in [1.165, 1.54) is 7.11 Å². The lowest BCUT2D eigenvalue weighted by Gasteiger charge is -2.05. The number of carbonyl (C=O) groups is 1. The van der Waals surface area contributed by atoms with E-state index in [1.807, 2.05) is 0 Å². The first kappa shape index (κ1) is 18.5. The summed E-state index contributed by atoms with van der Waals surface area (Å²) >= 11 is 6.19. The highest BCUT2D eigenvalue weighted by atomic mass is 35.5. The van der Waals surface area contributed by atoms with Gasteiger partial charge in [-0.3, -0.25) is 0 Å². The van der Waals surface area contributed by atoms with E-state index in [4.69, 9.17) is 31.4 Å². The SMILES string of the molecule is COc1cccc(/C(N)=N/OC(=O)c2c(-c3ccccc3Cl)noc2C)c1. The summed E-state index contributed by atoms with van der Waals surface area (Å²) in [7, 11) is 1.54. The Labute approximate surface area is 160 Å². The zero-order valence-corrected chi connectivity index (χ0v) is 15.4. The number of benzene rings is 2. The summed E-state index contributed by atoms with van der Waals surface area (Å²) in [4.78, 5) is 17.5. The zero-order valence-electron chi connectivity index (χ0n) is 14.6. The lowest BCUT2D eigenvalue weighted by Crippen LogP contribution is -2.15. The maximum Gasteiger partial charge on any atom is 0.371 e. The number of aryl methyl sites for hydroxylation is 1. The van der Waals surface area contributed by atoms with Gasteiger partial charge in [0.1, 0.15) is 22.8 Å². The van der Waals surface area contributed by atoms with Crippen molar-refractivity contribution in [2.45, 2.75) is 6.92 Å². The predicted octanol–water partition coefficient (Wildman–Crippen LogP) is 3.79. The van der Waals surface area contributed by atoms with Crippen LogP contribution in [0.25, 0.3) is 11.3 Å². The molecule has 8 heteroatoms. The van der Waals surface area contributed by atoms with Crippen LogP contribution in [0.1, 0.15) is 21.7 Å². The van der Waals surface area contributed by atoms with Gasteiger partial charge >= 0.3 is 5.97 Å². The maximum absolute atomic E-state index is 12.5. The van der Waals surface area contributed by atoms with Gasteiger partial charge in [-0.15, -0.1) is 0 Å². The number of methoxy groups -OCH3 is 1. The zero-order chi connectivity index (χ0) is 19.4. The highest BCUT2D eigenvalue weighted by Crippen LogP contribution is 2.31. The van der Waals surface area contributed by atoms with Gasteiger partial charge in [-0.25, -0.2) is 4.79 Å². The molecule has 0 fully saturated rings. The molecule has 0 bridgehead atoms. The molecule has 3 aromatic rings. The average Bonchev–Trinajstić information content (AvgIpc) is 3.07. The van der Waals surface area contributed by atoms with E-state index in [2.05, 4.69) is 10.3 Å².